The molecule has 3 aliphatic heterocycles. The van der Waals surface area contributed by atoms with E-state index < -0.39 is 74.5 Å². The average molecular weight is 776 g/mol. The van der Waals surface area contributed by atoms with E-state index in [0.29, 0.717) is 63.1 Å². The van der Waals surface area contributed by atoms with Crippen LogP contribution in [0.3, 0.4) is 0 Å². The monoisotopic (exact) mass is 775 g/mol. The molecular formula is C39H49N7O8S. The molecule has 15 nitrogen and oxygen atoms in total. The number of aromatic nitrogens is 1. The van der Waals surface area contributed by atoms with Gasteiger partial charge >= 0.3 is 6.03 Å². The van der Waals surface area contributed by atoms with Crippen molar-refractivity contribution in [2.24, 2.45) is 5.92 Å². The summed E-state index contributed by atoms with van der Waals surface area (Å²) in [6.07, 6.45) is 10.4. The number of ether oxygens (including phenoxy) is 1. The van der Waals surface area contributed by atoms with Crippen LogP contribution in [0.4, 0.5) is 4.79 Å². The Bertz CT molecular complexity index is 1950. The minimum atomic E-state index is -3.90. The van der Waals surface area contributed by atoms with Gasteiger partial charge in [0, 0.05) is 30.6 Å². The van der Waals surface area contributed by atoms with Crippen LogP contribution in [0.15, 0.2) is 54.6 Å². The maximum Gasteiger partial charge on any atom is 0.315 e. The molecule has 1 saturated heterocycles. The summed E-state index contributed by atoms with van der Waals surface area (Å²) in [5.74, 6) is -2.21. The summed E-state index contributed by atoms with van der Waals surface area (Å²) in [7, 11) is -3.90. The number of allylic oxidation sites excluding steroid dienone is 1. The second kappa shape index (κ2) is 16.4. The van der Waals surface area contributed by atoms with Crippen LogP contribution in [-0.4, -0.2) is 96.6 Å². The van der Waals surface area contributed by atoms with E-state index in [1.54, 1.807) is 18.2 Å². The topological polar surface area (TPSA) is 205 Å². The number of sulfonamides is 1. The highest BCUT2D eigenvalue weighted by Crippen LogP contribution is 2.46. The van der Waals surface area contributed by atoms with Crippen molar-refractivity contribution < 1.29 is 37.1 Å². The van der Waals surface area contributed by atoms with Crippen molar-refractivity contribution in [3.63, 3.8) is 0 Å². The van der Waals surface area contributed by atoms with Gasteiger partial charge in [0.2, 0.25) is 21.8 Å². The predicted molar refractivity (Wildman–Crippen MR) is 202 cm³/mol. The molecule has 1 aromatic carbocycles. The molecule has 5 atom stereocenters. The van der Waals surface area contributed by atoms with Crippen LogP contribution in [0.5, 0.6) is 5.75 Å². The molecule has 4 heterocycles. The Kier molecular flexibility index (Phi) is 11.4. The van der Waals surface area contributed by atoms with Gasteiger partial charge in [-0.3, -0.25) is 23.9 Å². The lowest BCUT2D eigenvalue weighted by Crippen LogP contribution is -2.58. The molecule has 3 fully saturated rings. The molecule has 2 saturated carbocycles. The standard InChI is InChI=1S/C39H49N7O8S/c47-34-31-16-10-15-30(42-31)25-11-9-13-28(21-25)54-20-8-4-7-19-40-38(51)43-32-14-6-3-1-2-5-12-26-23-39(26,37(50)45-55(52,53)29-17-18-29)44-35(48)33-22-27(41-34)24-46(33)36(32)49/h5,9-13,15-16,21,26-27,29,32-33H,1-4,6-8,14,17-20,22-24H2,(H,41,47)(H,44,48)(H,45,50)(H2,40,43,51)/b12-5-/t26-,27-,32+,33+,39?/m1/s1. The van der Waals surface area contributed by atoms with Crippen LogP contribution in [0.2, 0.25) is 0 Å². The molecule has 5 N–H and O–H groups in total. The van der Waals surface area contributed by atoms with Gasteiger partial charge in [-0.05, 0) is 88.5 Å². The summed E-state index contributed by atoms with van der Waals surface area (Å²) >= 11 is 0. The van der Waals surface area contributed by atoms with Crippen molar-refractivity contribution in [2.75, 3.05) is 19.7 Å². The molecule has 7 bridgehead atoms. The molecule has 5 aliphatic rings. The molecular weight excluding hydrogens is 727 g/mol. The molecule has 16 heteroatoms. The summed E-state index contributed by atoms with van der Waals surface area (Å²) in [5, 5.41) is 10.9. The molecule has 7 rings (SSSR count). The number of nitrogens with zero attached hydrogens (tertiary/aromatic N) is 2. The van der Waals surface area contributed by atoms with Crippen LogP contribution in [0, 0.1) is 5.92 Å². The van der Waals surface area contributed by atoms with Crippen LogP contribution in [0.25, 0.3) is 11.3 Å². The molecule has 6 amide bonds. The summed E-state index contributed by atoms with van der Waals surface area (Å²) in [6.45, 7) is 0.831. The molecule has 1 aromatic heterocycles. The van der Waals surface area contributed by atoms with Gasteiger partial charge in [0.05, 0.1) is 17.6 Å². The first-order chi connectivity index (χ1) is 26.5. The molecule has 0 radical (unpaired) electrons. The highest BCUT2D eigenvalue weighted by atomic mass is 32.2. The molecule has 55 heavy (non-hydrogen) atoms. The number of carbonyl (C=O) groups excluding carboxylic acids is 5. The Balaban J connectivity index is 1.18. The van der Waals surface area contributed by atoms with Crippen molar-refractivity contribution in [1.82, 2.24) is 35.9 Å². The second-order valence-corrected chi connectivity index (χ2v) is 17.2. The molecule has 1 unspecified atom stereocenters. The summed E-state index contributed by atoms with van der Waals surface area (Å²) < 4.78 is 33.8. The fourth-order valence-electron chi connectivity index (χ4n) is 7.64. The van der Waals surface area contributed by atoms with Crippen LogP contribution in [-0.2, 0) is 24.4 Å². The van der Waals surface area contributed by atoms with Crippen molar-refractivity contribution in [2.45, 2.75) is 106 Å². The Labute approximate surface area is 320 Å². The van der Waals surface area contributed by atoms with E-state index in [1.807, 2.05) is 36.4 Å². The van der Waals surface area contributed by atoms with Crippen molar-refractivity contribution >= 4 is 39.7 Å². The van der Waals surface area contributed by atoms with Gasteiger partial charge in [0.25, 0.3) is 11.8 Å². The number of pyridine rings is 1. The van der Waals surface area contributed by atoms with Crippen molar-refractivity contribution in [3.05, 3.63) is 60.3 Å². The number of nitrogens with one attached hydrogen (secondary N) is 5. The summed E-state index contributed by atoms with van der Waals surface area (Å²) in [5.41, 5.74) is -0.0423. The van der Waals surface area contributed by atoms with E-state index in [9.17, 15) is 32.4 Å². The fraction of sp³-hybridized carbons (Fsp3) is 0.538. The average Bonchev–Trinajstić information content (AvgIpc) is 4.10. The highest BCUT2D eigenvalue weighted by Gasteiger charge is 2.62. The zero-order chi connectivity index (χ0) is 38.6. The van der Waals surface area contributed by atoms with E-state index in [2.05, 4.69) is 31.0 Å². The number of carbonyl (C=O) groups is 5. The van der Waals surface area contributed by atoms with E-state index >= 15 is 0 Å². The molecule has 2 aromatic rings. The van der Waals surface area contributed by atoms with E-state index in [1.165, 1.54) is 4.90 Å². The Morgan fingerprint density at radius 2 is 1.73 bits per heavy atom. The number of hydrogen-bond acceptors (Lipinski definition) is 9. The maximum atomic E-state index is 14.4. The smallest absolute Gasteiger partial charge is 0.315 e. The lowest BCUT2D eigenvalue weighted by Gasteiger charge is -2.30. The van der Waals surface area contributed by atoms with Gasteiger partial charge in [-0.1, -0.05) is 43.2 Å². The minimum absolute atomic E-state index is 0.0138. The maximum absolute atomic E-state index is 14.4. The van der Waals surface area contributed by atoms with E-state index in [0.717, 1.165) is 31.2 Å². The number of benzene rings is 1. The normalized spacial score (nSPS) is 28.8. The first kappa shape index (κ1) is 38.3. The van der Waals surface area contributed by atoms with Gasteiger partial charge in [-0.15, -0.1) is 0 Å². The quantitative estimate of drug-likeness (QED) is 0.291. The third-order valence-electron chi connectivity index (χ3n) is 11.0. The van der Waals surface area contributed by atoms with Gasteiger partial charge in [-0.25, -0.2) is 18.2 Å². The van der Waals surface area contributed by atoms with Gasteiger partial charge in [-0.2, -0.15) is 0 Å². The molecule has 294 valence electrons. The second-order valence-electron chi connectivity index (χ2n) is 15.2. The summed E-state index contributed by atoms with van der Waals surface area (Å²) in [4.78, 5) is 75.3. The first-order valence-corrected chi connectivity index (χ1v) is 21.0. The lowest BCUT2D eigenvalue weighted by atomic mass is 10.0. The molecule has 2 aliphatic carbocycles. The van der Waals surface area contributed by atoms with Crippen LogP contribution >= 0.6 is 0 Å². The SMILES string of the molecule is O=C1NCCCCCOc2cccc(c2)-c2cccc(n2)C(=O)N[C@@H]2C[C@H]3C(=O)NC4(C(=O)NS(=O)(=O)C5CC5)C[C@H]4/C=C\CCCCC[C@H](N1)C(=O)N3C2. The molecule has 0 spiro atoms. The van der Waals surface area contributed by atoms with E-state index in [-0.39, 0.29) is 25.1 Å². The lowest BCUT2D eigenvalue weighted by molar-refractivity contribution is -0.141. The number of fused-ring (bicyclic) bond motifs is 8. The minimum Gasteiger partial charge on any atom is -0.494 e. The van der Waals surface area contributed by atoms with Crippen LogP contribution in [0.1, 0.15) is 87.5 Å². The Morgan fingerprint density at radius 3 is 2.56 bits per heavy atom. The Morgan fingerprint density at radius 1 is 0.927 bits per heavy atom. The first-order valence-electron chi connectivity index (χ1n) is 19.4. The number of amides is 6. The van der Waals surface area contributed by atoms with Crippen molar-refractivity contribution in [1.29, 1.82) is 0 Å². The largest absolute Gasteiger partial charge is 0.494 e. The van der Waals surface area contributed by atoms with Crippen LogP contribution < -0.4 is 30.7 Å². The van der Waals surface area contributed by atoms with Gasteiger partial charge in [0.1, 0.15) is 29.1 Å². The fourth-order valence-corrected chi connectivity index (χ4v) is 9.00. The number of hydrogen-bond donors (Lipinski definition) is 5. The third-order valence-corrected chi connectivity index (χ3v) is 12.8. The number of urea groups is 1. The highest BCUT2D eigenvalue weighted by molar-refractivity contribution is 7.91. The summed E-state index contributed by atoms with van der Waals surface area (Å²) in [6, 6.07) is 9.29. The third kappa shape index (κ3) is 9.11. The zero-order valence-electron chi connectivity index (χ0n) is 30.8. The van der Waals surface area contributed by atoms with E-state index in [4.69, 9.17) is 4.74 Å². The number of rotatable bonds is 3. The van der Waals surface area contributed by atoms with Gasteiger partial charge in [0.15, 0.2) is 0 Å². The van der Waals surface area contributed by atoms with Gasteiger partial charge < -0.3 is 30.9 Å². The predicted octanol–water partition coefficient (Wildman–Crippen LogP) is 2.68. The van der Waals surface area contributed by atoms with Crippen molar-refractivity contribution in [3.8, 4) is 17.0 Å². The Hall–Kier alpha value is -4.99. The zero-order valence-corrected chi connectivity index (χ0v) is 31.6.